The Balaban J connectivity index is 2.22. The van der Waals surface area contributed by atoms with Crippen molar-refractivity contribution in [1.29, 1.82) is 0 Å². The molecule has 0 aromatic heterocycles. The largest absolute Gasteiger partial charge is 0.493 e. The van der Waals surface area contributed by atoms with Gasteiger partial charge in [0.25, 0.3) is 0 Å². The van der Waals surface area contributed by atoms with Crippen LogP contribution in [0.1, 0.15) is 18.9 Å². The first-order valence-corrected chi connectivity index (χ1v) is 7.66. The molecular formula is C19H25NO. The smallest absolute Gasteiger partial charge is 0.127 e. The molecule has 0 spiro atoms. The van der Waals surface area contributed by atoms with E-state index < -0.39 is 0 Å². The molecule has 0 bridgehead atoms. The highest BCUT2D eigenvalue weighted by molar-refractivity contribution is 5.71. The van der Waals surface area contributed by atoms with Gasteiger partial charge in [-0.25, -0.2) is 0 Å². The molecular weight excluding hydrogens is 258 g/mol. The minimum Gasteiger partial charge on any atom is -0.493 e. The Morgan fingerprint density at radius 3 is 2.43 bits per heavy atom. The highest BCUT2D eigenvalue weighted by atomic mass is 16.5. The van der Waals surface area contributed by atoms with E-state index in [1.54, 1.807) is 0 Å². The molecule has 2 nitrogen and oxygen atoms in total. The van der Waals surface area contributed by atoms with Gasteiger partial charge in [-0.3, -0.25) is 0 Å². The van der Waals surface area contributed by atoms with Gasteiger partial charge in [0.2, 0.25) is 0 Å². The van der Waals surface area contributed by atoms with Crippen LogP contribution in [0, 0.1) is 0 Å². The summed E-state index contributed by atoms with van der Waals surface area (Å²) in [6.45, 7) is 3.84. The van der Waals surface area contributed by atoms with Crippen molar-refractivity contribution in [2.75, 3.05) is 27.2 Å². The molecule has 0 aliphatic heterocycles. The number of hydrogen-bond acceptors (Lipinski definition) is 2. The van der Waals surface area contributed by atoms with E-state index in [9.17, 15) is 0 Å². The van der Waals surface area contributed by atoms with Crippen LogP contribution < -0.4 is 4.74 Å². The normalized spacial score (nSPS) is 10.9. The van der Waals surface area contributed by atoms with Gasteiger partial charge in [-0.05, 0) is 63.7 Å². The quantitative estimate of drug-likeness (QED) is 0.753. The van der Waals surface area contributed by atoms with Crippen LogP contribution >= 0.6 is 0 Å². The van der Waals surface area contributed by atoms with Crippen LogP contribution in [0.2, 0.25) is 0 Å². The fourth-order valence-electron chi connectivity index (χ4n) is 2.46. The number of nitrogens with zero attached hydrogens (tertiary/aromatic N) is 1. The molecule has 0 atom stereocenters. The van der Waals surface area contributed by atoms with E-state index in [4.69, 9.17) is 4.74 Å². The average molecular weight is 283 g/mol. The number of hydrogen-bond donors (Lipinski definition) is 0. The van der Waals surface area contributed by atoms with Crippen molar-refractivity contribution in [3.8, 4) is 16.9 Å². The molecule has 0 radical (unpaired) electrons. The third kappa shape index (κ3) is 4.61. The first kappa shape index (κ1) is 15.6. The molecule has 0 heterocycles. The second kappa shape index (κ2) is 7.84. The van der Waals surface area contributed by atoms with E-state index in [0.717, 1.165) is 18.7 Å². The summed E-state index contributed by atoms with van der Waals surface area (Å²) in [6.07, 6.45) is 2.28. The third-order valence-corrected chi connectivity index (χ3v) is 3.50. The Bertz CT molecular complexity index is 549. The lowest BCUT2D eigenvalue weighted by molar-refractivity contribution is 0.341. The van der Waals surface area contributed by atoms with Gasteiger partial charge >= 0.3 is 0 Å². The van der Waals surface area contributed by atoms with Gasteiger partial charge in [0.1, 0.15) is 5.75 Å². The van der Waals surface area contributed by atoms with Gasteiger partial charge in [-0.2, -0.15) is 0 Å². The van der Waals surface area contributed by atoms with Crippen LogP contribution in [0.3, 0.4) is 0 Å². The van der Waals surface area contributed by atoms with Crippen LogP contribution in [-0.4, -0.2) is 32.1 Å². The van der Waals surface area contributed by atoms with Gasteiger partial charge in [0.05, 0.1) is 6.61 Å². The van der Waals surface area contributed by atoms with Crippen molar-refractivity contribution < 1.29 is 4.74 Å². The molecule has 21 heavy (non-hydrogen) atoms. The van der Waals surface area contributed by atoms with Crippen molar-refractivity contribution in [3.63, 3.8) is 0 Å². The van der Waals surface area contributed by atoms with Crippen LogP contribution in [0.5, 0.6) is 5.75 Å². The summed E-state index contributed by atoms with van der Waals surface area (Å²) in [7, 11) is 4.24. The fourth-order valence-corrected chi connectivity index (χ4v) is 2.46. The molecule has 0 aliphatic carbocycles. The van der Waals surface area contributed by atoms with E-state index in [0.29, 0.717) is 6.61 Å². The minimum atomic E-state index is 0.694. The minimum absolute atomic E-state index is 0.694. The molecule has 0 saturated carbocycles. The average Bonchev–Trinajstić information content (AvgIpc) is 2.49. The Morgan fingerprint density at radius 2 is 1.76 bits per heavy atom. The summed E-state index contributed by atoms with van der Waals surface area (Å²) in [4.78, 5) is 2.23. The fraction of sp³-hybridized carbons (Fsp3) is 0.368. The van der Waals surface area contributed by atoms with Crippen molar-refractivity contribution >= 4 is 0 Å². The van der Waals surface area contributed by atoms with Crippen LogP contribution in [-0.2, 0) is 6.42 Å². The Hall–Kier alpha value is -1.80. The van der Waals surface area contributed by atoms with Crippen LogP contribution in [0.4, 0.5) is 0 Å². The predicted molar refractivity (Wildman–Crippen MR) is 89.9 cm³/mol. The zero-order valence-electron chi connectivity index (χ0n) is 13.3. The SMILES string of the molecule is CCOc1ccc(CCCN(C)C)cc1-c1ccccc1. The van der Waals surface area contributed by atoms with Crippen LogP contribution in [0.25, 0.3) is 11.1 Å². The lowest BCUT2D eigenvalue weighted by Gasteiger charge is -2.13. The lowest BCUT2D eigenvalue weighted by atomic mass is 10.00. The van der Waals surface area contributed by atoms with Gasteiger partial charge < -0.3 is 9.64 Å². The second-order valence-corrected chi connectivity index (χ2v) is 5.54. The number of benzene rings is 2. The molecule has 0 amide bonds. The van der Waals surface area contributed by atoms with Gasteiger partial charge in [-0.1, -0.05) is 36.4 Å². The van der Waals surface area contributed by atoms with E-state index in [2.05, 4.69) is 61.5 Å². The highest BCUT2D eigenvalue weighted by Crippen LogP contribution is 2.31. The topological polar surface area (TPSA) is 12.5 Å². The van der Waals surface area contributed by atoms with Crippen molar-refractivity contribution in [1.82, 2.24) is 4.90 Å². The molecule has 2 heteroatoms. The number of rotatable bonds is 7. The molecule has 2 aromatic rings. The van der Waals surface area contributed by atoms with E-state index in [1.165, 1.54) is 23.1 Å². The Kier molecular flexibility index (Phi) is 5.82. The van der Waals surface area contributed by atoms with Gasteiger partial charge in [0, 0.05) is 5.56 Å². The maximum atomic E-state index is 5.78. The molecule has 0 unspecified atom stereocenters. The van der Waals surface area contributed by atoms with Gasteiger partial charge in [-0.15, -0.1) is 0 Å². The number of aryl methyl sites for hydroxylation is 1. The van der Waals surface area contributed by atoms with E-state index in [-0.39, 0.29) is 0 Å². The van der Waals surface area contributed by atoms with E-state index >= 15 is 0 Å². The summed E-state index contributed by atoms with van der Waals surface area (Å²) in [5.41, 5.74) is 3.79. The maximum absolute atomic E-state index is 5.78. The van der Waals surface area contributed by atoms with Crippen molar-refractivity contribution in [2.45, 2.75) is 19.8 Å². The summed E-state index contributed by atoms with van der Waals surface area (Å²) >= 11 is 0. The summed E-state index contributed by atoms with van der Waals surface area (Å²) in [5.74, 6) is 0.972. The Morgan fingerprint density at radius 1 is 1.00 bits per heavy atom. The molecule has 2 rings (SSSR count). The maximum Gasteiger partial charge on any atom is 0.127 e. The highest BCUT2D eigenvalue weighted by Gasteiger charge is 2.07. The molecule has 0 N–H and O–H groups in total. The molecule has 112 valence electrons. The van der Waals surface area contributed by atoms with Crippen LogP contribution in [0.15, 0.2) is 48.5 Å². The Labute approximate surface area is 128 Å². The zero-order chi connectivity index (χ0) is 15.1. The standard InChI is InChI=1S/C19H25NO/c1-4-21-19-13-12-16(9-8-14-20(2)3)15-18(19)17-10-6-5-7-11-17/h5-7,10-13,15H,4,8-9,14H2,1-3H3. The van der Waals surface area contributed by atoms with E-state index in [1.807, 2.05) is 13.0 Å². The zero-order valence-corrected chi connectivity index (χ0v) is 13.3. The van der Waals surface area contributed by atoms with Gasteiger partial charge in [0.15, 0.2) is 0 Å². The monoisotopic (exact) mass is 283 g/mol. The molecule has 0 aliphatic rings. The summed E-state index contributed by atoms with van der Waals surface area (Å²) < 4.78 is 5.78. The molecule has 0 saturated heterocycles. The first-order chi connectivity index (χ1) is 10.2. The van der Waals surface area contributed by atoms with Crippen molar-refractivity contribution in [2.24, 2.45) is 0 Å². The molecule has 0 fully saturated rings. The summed E-state index contributed by atoms with van der Waals surface area (Å²) in [6, 6.07) is 17.0. The van der Waals surface area contributed by atoms with Crippen molar-refractivity contribution in [3.05, 3.63) is 54.1 Å². The third-order valence-electron chi connectivity index (χ3n) is 3.50. The lowest BCUT2D eigenvalue weighted by Crippen LogP contribution is -2.13. The number of ether oxygens (including phenoxy) is 1. The first-order valence-electron chi connectivity index (χ1n) is 7.66. The second-order valence-electron chi connectivity index (χ2n) is 5.54. The molecule has 2 aromatic carbocycles. The predicted octanol–water partition coefficient (Wildman–Crippen LogP) is 4.25. The summed E-state index contributed by atoms with van der Waals surface area (Å²) in [5, 5.41) is 0.